The molecule has 1 N–H and O–H groups in total. The Kier molecular flexibility index (Phi) is 4.95. The van der Waals surface area contributed by atoms with Gasteiger partial charge in [-0.1, -0.05) is 6.92 Å². The number of benzene rings is 1. The molecule has 110 valence electrons. The van der Waals surface area contributed by atoms with Crippen molar-refractivity contribution in [3.05, 3.63) is 32.9 Å². The first-order chi connectivity index (χ1) is 9.38. The Balaban J connectivity index is 2.17. The highest BCUT2D eigenvalue weighted by molar-refractivity contribution is 14.1. The smallest absolute Gasteiger partial charge is 0.307 e. The maximum Gasteiger partial charge on any atom is 0.307 e. The number of likely N-dealkylation sites (tertiary alicyclic amines) is 1. The normalized spacial score (nSPS) is 23.8. The van der Waals surface area contributed by atoms with Gasteiger partial charge in [-0.2, -0.15) is 0 Å². The van der Waals surface area contributed by atoms with Gasteiger partial charge in [-0.25, -0.2) is 8.78 Å². The van der Waals surface area contributed by atoms with Crippen molar-refractivity contribution in [1.29, 1.82) is 0 Å². The molecule has 2 rings (SSSR count). The lowest BCUT2D eigenvalue weighted by atomic mass is 9.90. The second-order valence-corrected chi connectivity index (χ2v) is 6.55. The van der Waals surface area contributed by atoms with E-state index >= 15 is 0 Å². The van der Waals surface area contributed by atoms with Crippen LogP contribution in [-0.2, 0) is 11.3 Å². The molecule has 3 nitrogen and oxygen atoms in total. The summed E-state index contributed by atoms with van der Waals surface area (Å²) in [6.07, 6.45) is 0.614. The van der Waals surface area contributed by atoms with E-state index in [0.29, 0.717) is 23.1 Å². The van der Waals surface area contributed by atoms with Crippen LogP contribution in [0.3, 0.4) is 0 Å². The van der Waals surface area contributed by atoms with Gasteiger partial charge < -0.3 is 5.11 Å². The molecule has 0 aliphatic carbocycles. The first-order valence-electron chi connectivity index (χ1n) is 6.46. The van der Waals surface area contributed by atoms with Gasteiger partial charge in [0, 0.05) is 28.8 Å². The molecule has 0 radical (unpaired) electrons. The first kappa shape index (κ1) is 15.6. The van der Waals surface area contributed by atoms with Crippen molar-refractivity contribution >= 4 is 28.6 Å². The van der Waals surface area contributed by atoms with Gasteiger partial charge in [0.1, 0.15) is 11.6 Å². The minimum Gasteiger partial charge on any atom is -0.481 e. The molecule has 0 amide bonds. The average Bonchev–Trinajstić information content (AvgIpc) is 2.38. The minimum atomic E-state index is -0.842. The van der Waals surface area contributed by atoms with Crippen molar-refractivity contribution in [2.45, 2.75) is 19.9 Å². The Hall–Kier alpha value is -0.760. The third-order valence-electron chi connectivity index (χ3n) is 3.61. The van der Waals surface area contributed by atoms with E-state index in [1.807, 2.05) is 34.4 Å². The summed E-state index contributed by atoms with van der Waals surface area (Å²) in [4.78, 5) is 12.9. The van der Waals surface area contributed by atoms with E-state index in [1.54, 1.807) is 0 Å². The number of piperidine rings is 1. The zero-order valence-corrected chi connectivity index (χ0v) is 13.2. The number of carboxylic acids is 1. The standard InChI is InChI=1S/C14H16F2INO2/c1-8-4-9(14(19)20)6-18(5-8)7-10-11(15)2-3-12(17)13(10)16/h2-3,8-9H,4-7H2,1H3,(H,19,20). The zero-order valence-electron chi connectivity index (χ0n) is 11.1. The summed E-state index contributed by atoms with van der Waals surface area (Å²) in [5.41, 5.74) is 0.0233. The van der Waals surface area contributed by atoms with E-state index in [0.717, 1.165) is 0 Å². The maximum absolute atomic E-state index is 14.0. The van der Waals surface area contributed by atoms with Gasteiger partial charge in [0.25, 0.3) is 0 Å². The van der Waals surface area contributed by atoms with Crippen LogP contribution >= 0.6 is 22.6 Å². The molecule has 20 heavy (non-hydrogen) atoms. The lowest BCUT2D eigenvalue weighted by Gasteiger charge is -2.34. The molecule has 1 fully saturated rings. The highest BCUT2D eigenvalue weighted by atomic mass is 127. The van der Waals surface area contributed by atoms with Crippen LogP contribution in [0, 0.1) is 27.0 Å². The molecule has 0 saturated carbocycles. The SMILES string of the molecule is CC1CC(C(=O)O)CN(Cc2c(F)ccc(I)c2F)C1. The topological polar surface area (TPSA) is 40.5 Å². The van der Waals surface area contributed by atoms with Crippen LogP contribution in [0.2, 0.25) is 0 Å². The molecular formula is C14H16F2INO2. The third-order valence-corrected chi connectivity index (χ3v) is 4.44. The summed E-state index contributed by atoms with van der Waals surface area (Å²) >= 11 is 1.83. The zero-order chi connectivity index (χ0) is 14.9. The van der Waals surface area contributed by atoms with Crippen LogP contribution in [0.1, 0.15) is 18.9 Å². The Morgan fingerprint density at radius 1 is 1.45 bits per heavy atom. The molecule has 2 unspecified atom stereocenters. The van der Waals surface area contributed by atoms with E-state index in [-0.39, 0.29) is 18.0 Å². The molecule has 1 aromatic rings. The number of carbonyl (C=O) groups is 1. The van der Waals surface area contributed by atoms with E-state index < -0.39 is 23.5 Å². The maximum atomic E-state index is 14.0. The van der Waals surface area contributed by atoms with Crippen LogP contribution < -0.4 is 0 Å². The highest BCUT2D eigenvalue weighted by Crippen LogP contribution is 2.26. The molecule has 1 heterocycles. The molecular weight excluding hydrogens is 379 g/mol. The second kappa shape index (κ2) is 6.34. The number of nitrogens with zero attached hydrogens (tertiary/aromatic N) is 1. The molecule has 6 heteroatoms. The third kappa shape index (κ3) is 3.46. The fraction of sp³-hybridized carbons (Fsp3) is 0.500. The van der Waals surface area contributed by atoms with Gasteiger partial charge >= 0.3 is 5.97 Å². The van der Waals surface area contributed by atoms with Gasteiger partial charge in [0.2, 0.25) is 0 Å². The number of halogens is 3. The molecule has 1 aliphatic rings. The molecule has 1 aromatic carbocycles. The van der Waals surface area contributed by atoms with Gasteiger partial charge in [0.15, 0.2) is 0 Å². The van der Waals surface area contributed by atoms with Crippen molar-refractivity contribution in [2.24, 2.45) is 11.8 Å². The molecule has 1 aliphatic heterocycles. The average molecular weight is 395 g/mol. The lowest BCUT2D eigenvalue weighted by molar-refractivity contribution is -0.144. The number of carboxylic acid groups (broad SMARTS) is 1. The first-order valence-corrected chi connectivity index (χ1v) is 7.54. The summed E-state index contributed by atoms with van der Waals surface area (Å²) in [5.74, 6) is -2.22. The van der Waals surface area contributed by atoms with Crippen LogP contribution in [0.5, 0.6) is 0 Å². The number of hydrogen-bond acceptors (Lipinski definition) is 2. The summed E-state index contributed by atoms with van der Waals surface area (Å²) < 4.78 is 28.1. The fourth-order valence-corrected chi connectivity index (χ4v) is 3.21. The van der Waals surface area contributed by atoms with Crippen LogP contribution in [-0.4, -0.2) is 29.1 Å². The van der Waals surface area contributed by atoms with Gasteiger partial charge in [-0.05, 0) is 47.1 Å². The Labute approximate surface area is 130 Å². The van der Waals surface area contributed by atoms with Gasteiger partial charge in [-0.3, -0.25) is 9.69 Å². The largest absolute Gasteiger partial charge is 0.481 e. The summed E-state index contributed by atoms with van der Waals surface area (Å²) in [6.45, 7) is 3.07. The minimum absolute atomic E-state index is 0.0233. The van der Waals surface area contributed by atoms with Crippen molar-refractivity contribution in [3.8, 4) is 0 Å². The number of aliphatic carboxylic acids is 1. The molecule has 0 bridgehead atoms. The Morgan fingerprint density at radius 2 is 2.15 bits per heavy atom. The van der Waals surface area contributed by atoms with Crippen molar-refractivity contribution in [3.63, 3.8) is 0 Å². The number of rotatable bonds is 3. The Morgan fingerprint density at radius 3 is 2.80 bits per heavy atom. The predicted octanol–water partition coefficient (Wildman–Crippen LogP) is 3.11. The molecule has 0 aromatic heterocycles. The van der Waals surface area contributed by atoms with E-state index in [9.17, 15) is 13.6 Å². The van der Waals surface area contributed by atoms with Crippen LogP contribution in [0.15, 0.2) is 12.1 Å². The second-order valence-electron chi connectivity index (χ2n) is 5.39. The monoisotopic (exact) mass is 395 g/mol. The lowest BCUT2D eigenvalue weighted by Crippen LogP contribution is -2.42. The van der Waals surface area contributed by atoms with Crippen molar-refractivity contribution in [1.82, 2.24) is 4.90 Å². The van der Waals surface area contributed by atoms with Crippen molar-refractivity contribution < 1.29 is 18.7 Å². The summed E-state index contributed by atoms with van der Waals surface area (Å²) in [6, 6.07) is 2.65. The quantitative estimate of drug-likeness (QED) is 0.632. The van der Waals surface area contributed by atoms with Crippen LogP contribution in [0.25, 0.3) is 0 Å². The molecule has 1 saturated heterocycles. The molecule has 2 atom stereocenters. The van der Waals surface area contributed by atoms with E-state index in [4.69, 9.17) is 5.11 Å². The van der Waals surface area contributed by atoms with Crippen molar-refractivity contribution in [2.75, 3.05) is 13.1 Å². The number of hydrogen-bond donors (Lipinski definition) is 1. The van der Waals surface area contributed by atoms with Gasteiger partial charge in [-0.15, -0.1) is 0 Å². The molecule has 0 spiro atoms. The fourth-order valence-electron chi connectivity index (χ4n) is 2.71. The summed E-state index contributed by atoms with van der Waals surface area (Å²) in [5, 5.41) is 9.12. The van der Waals surface area contributed by atoms with E-state index in [1.165, 1.54) is 12.1 Å². The highest BCUT2D eigenvalue weighted by Gasteiger charge is 2.30. The van der Waals surface area contributed by atoms with E-state index in [2.05, 4.69) is 0 Å². The summed E-state index contributed by atoms with van der Waals surface area (Å²) in [7, 11) is 0. The van der Waals surface area contributed by atoms with Gasteiger partial charge in [0.05, 0.1) is 5.92 Å². The van der Waals surface area contributed by atoms with Crippen LogP contribution in [0.4, 0.5) is 8.78 Å². The predicted molar refractivity (Wildman–Crippen MR) is 79.3 cm³/mol. The Bertz CT molecular complexity index is 524.